The van der Waals surface area contributed by atoms with E-state index in [1.54, 1.807) is 18.0 Å². The van der Waals surface area contributed by atoms with Gasteiger partial charge < -0.3 is 10.6 Å². The number of nitrogens with zero attached hydrogens (tertiary/aromatic N) is 2. The van der Waals surface area contributed by atoms with E-state index in [9.17, 15) is 4.79 Å². The maximum absolute atomic E-state index is 12.1. The average Bonchev–Trinajstić information content (AvgIpc) is 2.96. The highest BCUT2D eigenvalue weighted by molar-refractivity contribution is 6.32. The van der Waals surface area contributed by atoms with E-state index in [-0.39, 0.29) is 11.1 Å². The van der Waals surface area contributed by atoms with Crippen LogP contribution in [0.4, 0.5) is 5.69 Å². The van der Waals surface area contributed by atoms with Gasteiger partial charge in [-0.15, -0.1) is 0 Å². The number of carbonyl (C=O) groups is 1. The Labute approximate surface area is 106 Å². The molecule has 4 nitrogen and oxygen atoms in total. The number of anilines is 1. The summed E-state index contributed by atoms with van der Waals surface area (Å²) in [5.74, 6) is 1.23. The molecule has 0 radical (unpaired) electrons. The molecule has 1 aromatic rings. The van der Waals surface area contributed by atoms with Crippen molar-refractivity contribution in [3.8, 4) is 0 Å². The van der Waals surface area contributed by atoms with Crippen molar-refractivity contribution in [3.05, 3.63) is 23.0 Å². The van der Waals surface area contributed by atoms with Gasteiger partial charge >= 0.3 is 0 Å². The zero-order valence-corrected chi connectivity index (χ0v) is 10.7. The lowest BCUT2D eigenvalue weighted by Gasteiger charge is -2.17. The first-order valence-electron chi connectivity index (χ1n) is 5.65. The standard InChI is InChI=1S/C12H16ClN3O/c1-7-3-8(7)6-16(2)12(17)10-4-9(14)5-15-11(10)13/h4-5,7-8H,3,6,14H2,1-2H3. The number of nitrogens with two attached hydrogens (primary N) is 1. The van der Waals surface area contributed by atoms with Gasteiger partial charge in [-0.3, -0.25) is 4.79 Å². The topological polar surface area (TPSA) is 59.2 Å². The van der Waals surface area contributed by atoms with Gasteiger partial charge in [0.2, 0.25) is 0 Å². The summed E-state index contributed by atoms with van der Waals surface area (Å²) in [4.78, 5) is 17.7. The van der Waals surface area contributed by atoms with Crippen molar-refractivity contribution in [1.82, 2.24) is 9.88 Å². The van der Waals surface area contributed by atoms with Crippen LogP contribution in [-0.4, -0.2) is 29.4 Å². The summed E-state index contributed by atoms with van der Waals surface area (Å²) in [6.45, 7) is 2.96. The number of pyridine rings is 1. The van der Waals surface area contributed by atoms with Gasteiger partial charge in [0, 0.05) is 13.6 Å². The van der Waals surface area contributed by atoms with Crippen molar-refractivity contribution in [1.29, 1.82) is 0 Å². The Morgan fingerprint density at radius 3 is 2.94 bits per heavy atom. The Morgan fingerprint density at radius 2 is 2.35 bits per heavy atom. The van der Waals surface area contributed by atoms with Gasteiger partial charge in [-0.2, -0.15) is 0 Å². The molecule has 0 saturated heterocycles. The molecule has 5 heteroatoms. The molecular weight excluding hydrogens is 238 g/mol. The van der Waals surface area contributed by atoms with E-state index in [4.69, 9.17) is 17.3 Å². The average molecular weight is 254 g/mol. The number of nitrogen functional groups attached to an aromatic ring is 1. The smallest absolute Gasteiger partial charge is 0.256 e. The van der Waals surface area contributed by atoms with Crippen molar-refractivity contribution in [3.63, 3.8) is 0 Å². The van der Waals surface area contributed by atoms with Crippen LogP contribution in [0, 0.1) is 11.8 Å². The monoisotopic (exact) mass is 253 g/mol. The zero-order chi connectivity index (χ0) is 12.6. The molecule has 0 spiro atoms. The number of carbonyl (C=O) groups excluding carboxylic acids is 1. The molecule has 1 aliphatic carbocycles. The van der Waals surface area contributed by atoms with Crippen LogP contribution in [0.1, 0.15) is 23.7 Å². The Bertz CT molecular complexity index is 449. The fraction of sp³-hybridized carbons (Fsp3) is 0.500. The second-order valence-corrected chi connectivity index (χ2v) is 5.12. The summed E-state index contributed by atoms with van der Waals surface area (Å²) in [7, 11) is 1.78. The van der Waals surface area contributed by atoms with E-state index in [1.807, 2.05) is 0 Å². The maximum Gasteiger partial charge on any atom is 0.256 e. The Balaban J connectivity index is 2.10. The lowest BCUT2D eigenvalue weighted by molar-refractivity contribution is 0.0787. The summed E-state index contributed by atoms with van der Waals surface area (Å²) in [5, 5.41) is 0.208. The van der Waals surface area contributed by atoms with Crippen LogP contribution in [0.2, 0.25) is 5.15 Å². The summed E-state index contributed by atoms with van der Waals surface area (Å²) >= 11 is 5.90. The molecular formula is C12H16ClN3O. The third-order valence-corrected chi connectivity index (χ3v) is 3.52. The summed E-state index contributed by atoms with van der Waals surface area (Å²) < 4.78 is 0. The van der Waals surface area contributed by atoms with Gasteiger partial charge in [0.15, 0.2) is 0 Å². The molecule has 0 bridgehead atoms. The molecule has 1 aliphatic rings. The first-order valence-corrected chi connectivity index (χ1v) is 6.03. The minimum Gasteiger partial charge on any atom is -0.397 e. The lowest BCUT2D eigenvalue weighted by atomic mass is 10.2. The fourth-order valence-electron chi connectivity index (χ4n) is 1.91. The number of amides is 1. The summed E-state index contributed by atoms with van der Waals surface area (Å²) in [6, 6.07) is 1.57. The van der Waals surface area contributed by atoms with Crippen LogP contribution in [-0.2, 0) is 0 Å². The van der Waals surface area contributed by atoms with Gasteiger partial charge in [0.1, 0.15) is 5.15 Å². The number of aromatic nitrogens is 1. The van der Waals surface area contributed by atoms with Crippen molar-refractivity contribution in [2.45, 2.75) is 13.3 Å². The predicted octanol–water partition coefficient (Wildman–Crippen LogP) is 2.05. The number of hydrogen-bond acceptors (Lipinski definition) is 3. The molecule has 1 saturated carbocycles. The first-order chi connectivity index (χ1) is 7.99. The maximum atomic E-state index is 12.1. The first kappa shape index (κ1) is 12.2. The third kappa shape index (κ3) is 2.69. The van der Waals surface area contributed by atoms with E-state index < -0.39 is 0 Å². The Hall–Kier alpha value is -1.29. The zero-order valence-electron chi connectivity index (χ0n) is 9.98. The highest BCUT2D eigenvalue weighted by Crippen LogP contribution is 2.38. The van der Waals surface area contributed by atoms with Crippen LogP contribution in [0.25, 0.3) is 0 Å². The molecule has 0 aromatic carbocycles. The number of rotatable bonds is 3. The molecule has 1 amide bonds. The molecule has 0 aliphatic heterocycles. The number of halogens is 1. The molecule has 1 fully saturated rings. The van der Waals surface area contributed by atoms with Crippen LogP contribution in [0.15, 0.2) is 12.3 Å². The Kier molecular flexibility index (Phi) is 3.24. The second kappa shape index (κ2) is 4.53. The molecule has 2 unspecified atom stereocenters. The molecule has 1 heterocycles. The van der Waals surface area contributed by atoms with Gasteiger partial charge in [-0.1, -0.05) is 18.5 Å². The van der Waals surface area contributed by atoms with Crippen molar-refractivity contribution in [2.24, 2.45) is 11.8 Å². The molecule has 2 atom stereocenters. The van der Waals surface area contributed by atoms with E-state index >= 15 is 0 Å². The van der Waals surface area contributed by atoms with Crippen LogP contribution < -0.4 is 5.73 Å². The summed E-state index contributed by atoms with van der Waals surface area (Å²) in [6.07, 6.45) is 2.64. The molecule has 2 N–H and O–H groups in total. The van der Waals surface area contributed by atoms with Crippen LogP contribution in [0.5, 0.6) is 0 Å². The van der Waals surface area contributed by atoms with E-state index in [1.165, 1.54) is 12.6 Å². The number of hydrogen-bond donors (Lipinski definition) is 1. The van der Waals surface area contributed by atoms with Gasteiger partial charge in [0.05, 0.1) is 17.4 Å². The van der Waals surface area contributed by atoms with Crippen molar-refractivity contribution in [2.75, 3.05) is 19.3 Å². The highest BCUT2D eigenvalue weighted by Gasteiger charge is 2.34. The lowest BCUT2D eigenvalue weighted by Crippen LogP contribution is -2.29. The van der Waals surface area contributed by atoms with E-state index in [2.05, 4.69) is 11.9 Å². The van der Waals surface area contributed by atoms with Crippen molar-refractivity contribution >= 4 is 23.2 Å². The van der Waals surface area contributed by atoms with Crippen LogP contribution >= 0.6 is 11.6 Å². The summed E-state index contributed by atoms with van der Waals surface area (Å²) in [5.41, 5.74) is 6.44. The molecule has 2 rings (SSSR count). The quantitative estimate of drug-likeness (QED) is 0.839. The molecule has 1 aromatic heterocycles. The van der Waals surface area contributed by atoms with Gasteiger partial charge in [-0.05, 0) is 24.3 Å². The minimum absolute atomic E-state index is 0.117. The van der Waals surface area contributed by atoms with Crippen molar-refractivity contribution < 1.29 is 4.79 Å². The highest BCUT2D eigenvalue weighted by atomic mass is 35.5. The van der Waals surface area contributed by atoms with Gasteiger partial charge in [-0.25, -0.2) is 4.98 Å². The third-order valence-electron chi connectivity index (χ3n) is 3.22. The second-order valence-electron chi connectivity index (χ2n) is 4.77. The van der Waals surface area contributed by atoms with E-state index in [0.29, 0.717) is 17.2 Å². The SMILES string of the molecule is CC1CC1CN(C)C(=O)c1cc(N)cnc1Cl. The minimum atomic E-state index is -0.117. The molecule has 17 heavy (non-hydrogen) atoms. The Morgan fingerprint density at radius 1 is 1.71 bits per heavy atom. The molecule has 92 valence electrons. The largest absolute Gasteiger partial charge is 0.397 e. The van der Waals surface area contributed by atoms with Gasteiger partial charge in [0.25, 0.3) is 5.91 Å². The van der Waals surface area contributed by atoms with E-state index in [0.717, 1.165) is 12.5 Å². The predicted molar refractivity (Wildman–Crippen MR) is 67.9 cm³/mol. The fourth-order valence-corrected chi connectivity index (χ4v) is 2.09. The normalized spacial score (nSPS) is 22.3. The van der Waals surface area contributed by atoms with Crippen LogP contribution in [0.3, 0.4) is 0 Å².